The molecule has 1 aromatic heterocycles. The van der Waals surface area contributed by atoms with Gasteiger partial charge in [-0.1, -0.05) is 30.3 Å². The fourth-order valence-electron chi connectivity index (χ4n) is 3.90. The minimum Gasteiger partial charge on any atom is -0.444 e. The molecule has 10 heteroatoms. The SMILES string of the molecule is Cn1cnc(S(=O)(=O)N2C[C@H](c3ccccc3)[C@@H](N(CCCO)C(=O)OC(C)(C)C)C2)c1. The topological polar surface area (TPSA) is 105 Å². The standard InChI is InChI=1S/C22H32N4O5S/c1-22(2,3)31-21(28)26(11-8-12-27)19-14-25(13-18(19)17-9-6-5-7-10-17)32(29,30)20-15-24(4)16-23-20/h5-7,9-10,15-16,18-19,27H,8,11-14H2,1-4H3/t18-,19+/m1/s1. The molecule has 0 unspecified atom stereocenters. The second-order valence-corrected chi connectivity index (χ2v) is 10.9. The van der Waals surface area contributed by atoms with Gasteiger partial charge in [0, 0.05) is 45.4 Å². The molecule has 1 amide bonds. The van der Waals surface area contributed by atoms with E-state index in [0.717, 1.165) is 5.56 Å². The number of aliphatic hydroxyl groups is 1. The molecule has 0 bridgehead atoms. The van der Waals surface area contributed by atoms with Crippen LogP contribution in [0.3, 0.4) is 0 Å². The number of ether oxygens (including phenoxy) is 1. The highest BCUT2D eigenvalue weighted by Crippen LogP contribution is 2.35. The number of aryl methyl sites for hydroxylation is 1. The summed E-state index contributed by atoms with van der Waals surface area (Å²) < 4.78 is 35.2. The lowest BCUT2D eigenvalue weighted by Crippen LogP contribution is -2.47. The summed E-state index contributed by atoms with van der Waals surface area (Å²) in [7, 11) is -2.12. The van der Waals surface area contributed by atoms with E-state index in [1.54, 1.807) is 37.3 Å². The van der Waals surface area contributed by atoms with Gasteiger partial charge >= 0.3 is 6.09 Å². The number of carbonyl (C=O) groups is 1. The normalized spacial score (nSPS) is 19.8. The third-order valence-electron chi connectivity index (χ3n) is 5.35. The van der Waals surface area contributed by atoms with Gasteiger partial charge < -0.3 is 19.3 Å². The van der Waals surface area contributed by atoms with Crippen LogP contribution in [0.15, 0.2) is 47.9 Å². The molecule has 1 aromatic carbocycles. The van der Waals surface area contributed by atoms with Crippen molar-refractivity contribution in [3.63, 3.8) is 0 Å². The summed E-state index contributed by atoms with van der Waals surface area (Å²) in [6.07, 6.45) is 2.76. The summed E-state index contributed by atoms with van der Waals surface area (Å²) in [5, 5.41) is 9.37. The van der Waals surface area contributed by atoms with Gasteiger partial charge in [0.15, 0.2) is 5.03 Å². The molecule has 1 aliphatic heterocycles. The number of carbonyl (C=O) groups excluding carboxylic acids is 1. The van der Waals surface area contributed by atoms with Gasteiger partial charge in [0.2, 0.25) is 0 Å². The Bertz CT molecular complexity index is 1020. The summed E-state index contributed by atoms with van der Waals surface area (Å²) in [6, 6.07) is 9.12. The van der Waals surface area contributed by atoms with Crippen LogP contribution < -0.4 is 0 Å². The van der Waals surface area contributed by atoms with Gasteiger partial charge in [0.1, 0.15) is 5.60 Å². The van der Waals surface area contributed by atoms with E-state index in [1.165, 1.54) is 16.8 Å². The quantitative estimate of drug-likeness (QED) is 0.674. The van der Waals surface area contributed by atoms with Gasteiger partial charge in [-0.05, 0) is 32.8 Å². The Kier molecular flexibility index (Phi) is 7.26. The maximum absolute atomic E-state index is 13.3. The van der Waals surface area contributed by atoms with E-state index >= 15 is 0 Å². The average molecular weight is 465 g/mol. The van der Waals surface area contributed by atoms with E-state index in [-0.39, 0.29) is 37.2 Å². The largest absolute Gasteiger partial charge is 0.444 e. The number of sulfonamides is 1. The molecule has 3 rings (SSSR count). The number of imidazole rings is 1. The van der Waals surface area contributed by atoms with E-state index in [9.17, 15) is 18.3 Å². The van der Waals surface area contributed by atoms with Crippen LogP contribution in [-0.4, -0.2) is 76.3 Å². The Morgan fingerprint density at radius 3 is 2.50 bits per heavy atom. The Balaban J connectivity index is 1.98. The molecule has 0 aliphatic carbocycles. The molecule has 176 valence electrons. The van der Waals surface area contributed by atoms with Crippen LogP contribution in [-0.2, 0) is 21.8 Å². The van der Waals surface area contributed by atoms with Gasteiger partial charge in [-0.25, -0.2) is 18.2 Å². The predicted octanol–water partition coefficient (Wildman–Crippen LogP) is 2.20. The maximum atomic E-state index is 13.3. The molecule has 32 heavy (non-hydrogen) atoms. The van der Waals surface area contributed by atoms with Gasteiger partial charge in [-0.2, -0.15) is 4.31 Å². The second kappa shape index (κ2) is 9.60. The van der Waals surface area contributed by atoms with Crippen LogP contribution in [0.1, 0.15) is 38.7 Å². The van der Waals surface area contributed by atoms with Crippen molar-refractivity contribution in [2.75, 3.05) is 26.2 Å². The van der Waals surface area contributed by atoms with Gasteiger partial charge in [-0.3, -0.25) is 0 Å². The average Bonchev–Trinajstić information content (AvgIpc) is 3.35. The Labute approximate surface area is 189 Å². The number of nitrogens with zero attached hydrogens (tertiary/aromatic N) is 4. The molecule has 9 nitrogen and oxygen atoms in total. The van der Waals surface area contributed by atoms with Crippen molar-refractivity contribution in [3.8, 4) is 0 Å². The monoisotopic (exact) mass is 464 g/mol. The summed E-state index contributed by atoms with van der Waals surface area (Å²) in [5.74, 6) is -0.249. The molecule has 0 radical (unpaired) electrons. The molecular formula is C22H32N4O5S. The van der Waals surface area contributed by atoms with Crippen molar-refractivity contribution in [1.29, 1.82) is 0 Å². The van der Waals surface area contributed by atoms with Gasteiger partial charge in [0.05, 0.1) is 12.4 Å². The van der Waals surface area contributed by atoms with E-state index < -0.39 is 27.8 Å². The molecule has 0 spiro atoms. The lowest BCUT2D eigenvalue weighted by atomic mass is 9.93. The molecule has 2 heterocycles. The Hall–Kier alpha value is -2.43. The predicted molar refractivity (Wildman–Crippen MR) is 120 cm³/mol. The molecule has 0 saturated carbocycles. The van der Waals surface area contributed by atoms with E-state index in [2.05, 4.69) is 4.98 Å². The number of hydrogen-bond acceptors (Lipinski definition) is 6. The van der Waals surface area contributed by atoms with Crippen molar-refractivity contribution in [2.45, 2.75) is 49.8 Å². The minimum absolute atomic E-state index is 0.0216. The van der Waals surface area contributed by atoms with Gasteiger partial charge in [0.25, 0.3) is 10.0 Å². The van der Waals surface area contributed by atoms with Gasteiger partial charge in [-0.15, -0.1) is 0 Å². The minimum atomic E-state index is -3.83. The van der Waals surface area contributed by atoms with Crippen LogP contribution in [0.4, 0.5) is 4.79 Å². The summed E-state index contributed by atoms with van der Waals surface area (Å²) in [5.41, 5.74) is 0.239. The first kappa shape index (κ1) is 24.2. The lowest BCUT2D eigenvalue weighted by molar-refractivity contribution is 0.0147. The highest BCUT2D eigenvalue weighted by atomic mass is 32.2. The molecule has 1 N–H and O–H groups in total. The second-order valence-electron chi connectivity index (χ2n) is 9.03. The number of amides is 1. The van der Waals surface area contributed by atoms with Crippen molar-refractivity contribution >= 4 is 16.1 Å². The number of aromatic nitrogens is 2. The highest BCUT2D eigenvalue weighted by Gasteiger charge is 2.45. The van der Waals surface area contributed by atoms with Crippen molar-refractivity contribution in [2.24, 2.45) is 7.05 Å². The van der Waals surface area contributed by atoms with Crippen LogP contribution in [0.25, 0.3) is 0 Å². The third kappa shape index (κ3) is 5.48. The van der Waals surface area contributed by atoms with E-state index in [4.69, 9.17) is 4.74 Å². The van der Waals surface area contributed by atoms with Crippen molar-refractivity contribution in [1.82, 2.24) is 18.8 Å². The fraction of sp³-hybridized carbons (Fsp3) is 0.545. The zero-order chi connectivity index (χ0) is 23.5. The molecule has 1 saturated heterocycles. The number of rotatable bonds is 7. The molecule has 1 aliphatic rings. The molecule has 2 atom stereocenters. The van der Waals surface area contributed by atoms with Crippen molar-refractivity contribution < 1.29 is 23.1 Å². The van der Waals surface area contributed by atoms with Crippen LogP contribution in [0.5, 0.6) is 0 Å². The van der Waals surface area contributed by atoms with Crippen molar-refractivity contribution in [3.05, 3.63) is 48.4 Å². The van der Waals surface area contributed by atoms with E-state index in [0.29, 0.717) is 6.42 Å². The number of benzene rings is 1. The van der Waals surface area contributed by atoms with E-state index in [1.807, 2.05) is 30.3 Å². The summed E-state index contributed by atoms with van der Waals surface area (Å²) in [6.45, 7) is 5.87. The first-order valence-corrected chi connectivity index (χ1v) is 12.1. The Morgan fingerprint density at radius 1 is 1.25 bits per heavy atom. The zero-order valence-corrected chi connectivity index (χ0v) is 19.8. The summed E-state index contributed by atoms with van der Waals surface area (Å²) >= 11 is 0. The Morgan fingerprint density at radius 2 is 1.94 bits per heavy atom. The highest BCUT2D eigenvalue weighted by molar-refractivity contribution is 7.89. The fourth-order valence-corrected chi connectivity index (χ4v) is 5.35. The number of hydrogen-bond donors (Lipinski definition) is 1. The van der Waals surface area contributed by atoms with Crippen LogP contribution in [0.2, 0.25) is 0 Å². The molecule has 2 aromatic rings. The smallest absolute Gasteiger partial charge is 0.410 e. The summed E-state index contributed by atoms with van der Waals surface area (Å²) in [4.78, 5) is 18.7. The zero-order valence-electron chi connectivity index (χ0n) is 19.0. The first-order chi connectivity index (χ1) is 15.0. The van der Waals surface area contributed by atoms with Crippen LogP contribution >= 0.6 is 0 Å². The first-order valence-electron chi connectivity index (χ1n) is 10.7. The molecule has 1 fully saturated rings. The third-order valence-corrected chi connectivity index (χ3v) is 7.07. The molecular weight excluding hydrogens is 432 g/mol. The maximum Gasteiger partial charge on any atom is 0.410 e. The number of aliphatic hydroxyl groups excluding tert-OH is 1. The van der Waals surface area contributed by atoms with Crippen LogP contribution in [0, 0.1) is 0 Å². The lowest BCUT2D eigenvalue weighted by Gasteiger charge is -2.34.